The van der Waals surface area contributed by atoms with Crippen LogP contribution in [0.3, 0.4) is 0 Å². The van der Waals surface area contributed by atoms with Gasteiger partial charge in [0.25, 0.3) is 11.7 Å². The third kappa shape index (κ3) is 4.06. The monoisotopic (exact) mass is 390 g/mol. The van der Waals surface area contributed by atoms with Crippen molar-refractivity contribution in [1.82, 2.24) is 9.88 Å². The van der Waals surface area contributed by atoms with Crippen LogP contribution < -0.4 is 0 Å². The molecule has 1 aliphatic heterocycles. The van der Waals surface area contributed by atoms with Gasteiger partial charge in [0.15, 0.2) is 0 Å². The number of H-pyrrole nitrogens is 1. The second-order valence-electron chi connectivity index (χ2n) is 7.26. The fraction of sp³-hybridized carbons (Fsp3) is 0.261. The Hall–Kier alpha value is -3.41. The summed E-state index contributed by atoms with van der Waals surface area (Å²) >= 11 is 0. The van der Waals surface area contributed by atoms with E-state index < -0.39 is 17.6 Å². The van der Waals surface area contributed by atoms with Crippen LogP contribution in [0.2, 0.25) is 0 Å². The first-order valence-corrected chi connectivity index (χ1v) is 9.74. The van der Waals surface area contributed by atoms with E-state index in [1.54, 1.807) is 6.20 Å². The summed E-state index contributed by atoms with van der Waals surface area (Å²) in [5.41, 5.74) is 2.09. The topological polar surface area (TPSA) is 79.5 Å². The van der Waals surface area contributed by atoms with Crippen molar-refractivity contribution in [2.24, 2.45) is 5.92 Å². The lowest BCUT2D eigenvalue weighted by Crippen LogP contribution is -2.45. The largest absolute Gasteiger partial charge is 0.461 e. The van der Waals surface area contributed by atoms with Gasteiger partial charge in [0.2, 0.25) is 0 Å². The number of carbonyl (C=O) groups excluding carboxylic acids is 3. The number of carbonyl (C=O) groups is 3. The number of ether oxygens (including phenoxy) is 1. The van der Waals surface area contributed by atoms with Gasteiger partial charge in [-0.05, 0) is 24.5 Å². The third-order valence-electron chi connectivity index (χ3n) is 5.29. The second-order valence-corrected chi connectivity index (χ2v) is 7.26. The van der Waals surface area contributed by atoms with Crippen LogP contribution in [-0.2, 0) is 20.9 Å². The summed E-state index contributed by atoms with van der Waals surface area (Å²) in [6.07, 6.45) is 2.89. The van der Waals surface area contributed by atoms with Crippen LogP contribution in [0.15, 0.2) is 60.8 Å². The molecule has 0 aliphatic carbocycles. The number of esters is 1. The molecule has 0 spiro atoms. The highest BCUT2D eigenvalue weighted by Gasteiger charge is 2.33. The number of likely N-dealkylation sites (tertiary alicyclic amines) is 1. The number of Topliss-reactive ketones (excluding diaryl/α,β-unsaturated/α-hetero) is 1. The molecular weight excluding hydrogens is 368 g/mol. The van der Waals surface area contributed by atoms with E-state index in [0.29, 0.717) is 24.9 Å². The predicted molar refractivity (Wildman–Crippen MR) is 108 cm³/mol. The minimum absolute atomic E-state index is 0.207. The quantitative estimate of drug-likeness (QED) is 0.412. The summed E-state index contributed by atoms with van der Waals surface area (Å²) < 4.78 is 5.42. The van der Waals surface area contributed by atoms with E-state index in [1.165, 1.54) is 4.90 Å². The van der Waals surface area contributed by atoms with Gasteiger partial charge in [0, 0.05) is 30.2 Å². The molecule has 6 heteroatoms. The van der Waals surface area contributed by atoms with Gasteiger partial charge in [-0.2, -0.15) is 0 Å². The van der Waals surface area contributed by atoms with E-state index >= 15 is 0 Å². The molecule has 1 saturated heterocycles. The number of hydrogen-bond acceptors (Lipinski definition) is 4. The number of nitrogens with zero attached hydrogens (tertiary/aromatic N) is 1. The Morgan fingerprint density at radius 3 is 2.62 bits per heavy atom. The number of aromatic amines is 1. The van der Waals surface area contributed by atoms with Gasteiger partial charge in [-0.3, -0.25) is 14.4 Å². The lowest BCUT2D eigenvalue weighted by molar-refractivity contribution is -0.152. The Balaban J connectivity index is 1.40. The van der Waals surface area contributed by atoms with E-state index in [2.05, 4.69) is 4.98 Å². The number of amides is 1. The molecule has 2 aromatic carbocycles. The zero-order valence-corrected chi connectivity index (χ0v) is 16.0. The highest BCUT2D eigenvalue weighted by atomic mass is 16.5. The number of nitrogens with one attached hydrogen (secondary N) is 1. The maximum absolute atomic E-state index is 12.8. The minimum Gasteiger partial charge on any atom is -0.461 e. The maximum atomic E-state index is 12.8. The Kier molecular flexibility index (Phi) is 5.42. The lowest BCUT2D eigenvalue weighted by atomic mass is 9.97. The first-order valence-electron chi connectivity index (χ1n) is 9.74. The zero-order chi connectivity index (χ0) is 20.2. The summed E-state index contributed by atoms with van der Waals surface area (Å²) in [4.78, 5) is 42.5. The Bertz CT molecular complexity index is 1040. The number of aromatic nitrogens is 1. The fourth-order valence-corrected chi connectivity index (χ4v) is 3.72. The van der Waals surface area contributed by atoms with Gasteiger partial charge >= 0.3 is 5.97 Å². The van der Waals surface area contributed by atoms with E-state index in [-0.39, 0.29) is 19.1 Å². The maximum Gasteiger partial charge on any atom is 0.311 e. The predicted octanol–water partition coefficient (Wildman–Crippen LogP) is 3.33. The Labute approximate surface area is 168 Å². The number of piperidine rings is 1. The summed E-state index contributed by atoms with van der Waals surface area (Å²) in [7, 11) is 0. The van der Waals surface area contributed by atoms with Crippen LogP contribution in [0.25, 0.3) is 10.9 Å². The molecule has 1 aromatic heterocycles. The molecule has 29 heavy (non-hydrogen) atoms. The normalized spacial score (nSPS) is 16.6. The van der Waals surface area contributed by atoms with Crippen LogP contribution in [0.5, 0.6) is 0 Å². The van der Waals surface area contributed by atoms with Gasteiger partial charge in [-0.1, -0.05) is 48.5 Å². The molecule has 2 heterocycles. The van der Waals surface area contributed by atoms with E-state index in [0.717, 1.165) is 16.5 Å². The fourth-order valence-electron chi connectivity index (χ4n) is 3.72. The van der Waals surface area contributed by atoms with Crippen molar-refractivity contribution in [3.63, 3.8) is 0 Å². The van der Waals surface area contributed by atoms with Gasteiger partial charge in [-0.15, -0.1) is 0 Å². The molecule has 1 N–H and O–H groups in total. The van der Waals surface area contributed by atoms with Crippen molar-refractivity contribution >= 4 is 28.6 Å². The van der Waals surface area contributed by atoms with Crippen LogP contribution in [0.1, 0.15) is 28.8 Å². The smallest absolute Gasteiger partial charge is 0.311 e. The second kappa shape index (κ2) is 8.31. The summed E-state index contributed by atoms with van der Waals surface area (Å²) in [6, 6.07) is 16.8. The number of ketones is 1. The molecule has 148 valence electrons. The van der Waals surface area contributed by atoms with Crippen LogP contribution in [0, 0.1) is 5.92 Å². The highest BCUT2D eigenvalue weighted by molar-refractivity contribution is 6.44. The van der Waals surface area contributed by atoms with E-state index in [4.69, 9.17) is 4.74 Å². The number of benzene rings is 2. The molecule has 4 rings (SSSR count). The molecular formula is C23H22N2O4. The van der Waals surface area contributed by atoms with Crippen LogP contribution in [-0.4, -0.2) is 40.6 Å². The van der Waals surface area contributed by atoms with Crippen molar-refractivity contribution in [2.75, 3.05) is 13.1 Å². The molecule has 0 saturated carbocycles. The molecule has 0 radical (unpaired) electrons. The van der Waals surface area contributed by atoms with E-state index in [1.807, 2.05) is 54.6 Å². The molecule has 1 aliphatic rings. The van der Waals surface area contributed by atoms with Gasteiger partial charge in [0.1, 0.15) is 6.61 Å². The molecule has 1 unspecified atom stereocenters. The standard InChI is InChI=1S/C23H22N2O4/c26-21(19-13-24-20-11-5-4-10-18(19)20)22(27)25-12-6-9-17(14-25)23(28)29-15-16-7-2-1-3-8-16/h1-5,7-8,10-11,13,17,24H,6,9,12,14-15H2. The summed E-state index contributed by atoms with van der Waals surface area (Å²) in [5, 5.41) is 0.724. The molecule has 1 amide bonds. The molecule has 1 fully saturated rings. The first kappa shape index (κ1) is 18.9. The number of fused-ring (bicyclic) bond motifs is 1. The zero-order valence-electron chi connectivity index (χ0n) is 16.0. The van der Waals surface area contributed by atoms with Gasteiger partial charge < -0.3 is 14.6 Å². The molecule has 1 atom stereocenters. The number of para-hydroxylation sites is 1. The Morgan fingerprint density at radius 2 is 1.79 bits per heavy atom. The Morgan fingerprint density at radius 1 is 1.03 bits per heavy atom. The van der Waals surface area contributed by atoms with Crippen molar-refractivity contribution in [2.45, 2.75) is 19.4 Å². The molecule has 6 nitrogen and oxygen atoms in total. The SMILES string of the molecule is O=C(C(=O)N1CCCC(C(=O)OCc2ccccc2)C1)c1c[nH]c2ccccc12. The highest BCUT2D eigenvalue weighted by Crippen LogP contribution is 2.22. The average Bonchev–Trinajstić information content (AvgIpc) is 3.21. The van der Waals surface area contributed by atoms with Crippen molar-refractivity contribution < 1.29 is 19.1 Å². The van der Waals surface area contributed by atoms with Crippen molar-refractivity contribution in [1.29, 1.82) is 0 Å². The summed E-state index contributed by atoms with van der Waals surface area (Å²) in [5.74, 6) is -1.87. The first-order chi connectivity index (χ1) is 14.1. The molecule has 0 bridgehead atoms. The van der Waals surface area contributed by atoms with Crippen LogP contribution >= 0.6 is 0 Å². The van der Waals surface area contributed by atoms with E-state index in [9.17, 15) is 14.4 Å². The minimum atomic E-state index is -0.574. The van der Waals surface area contributed by atoms with Gasteiger partial charge in [0.05, 0.1) is 11.5 Å². The third-order valence-corrected chi connectivity index (χ3v) is 5.29. The van der Waals surface area contributed by atoms with Crippen molar-refractivity contribution in [3.05, 3.63) is 71.9 Å². The lowest BCUT2D eigenvalue weighted by Gasteiger charge is -2.31. The van der Waals surface area contributed by atoms with Crippen molar-refractivity contribution in [3.8, 4) is 0 Å². The van der Waals surface area contributed by atoms with Gasteiger partial charge in [-0.25, -0.2) is 0 Å². The van der Waals surface area contributed by atoms with Crippen LogP contribution in [0.4, 0.5) is 0 Å². The average molecular weight is 390 g/mol. The number of hydrogen-bond donors (Lipinski definition) is 1. The molecule has 3 aromatic rings. The number of rotatable bonds is 5. The summed E-state index contributed by atoms with van der Waals surface area (Å²) in [6.45, 7) is 0.883.